The molecule has 40 heavy (non-hydrogen) atoms. The van der Waals surface area contributed by atoms with E-state index in [1.807, 2.05) is 24.3 Å². The maximum absolute atomic E-state index is 12.9. The minimum atomic E-state index is -3.00. The number of carbonyl (C=O) groups is 1. The lowest BCUT2D eigenvalue weighted by Crippen LogP contribution is -2.33. The van der Waals surface area contributed by atoms with E-state index in [4.69, 9.17) is 23.2 Å². The van der Waals surface area contributed by atoms with Crippen LogP contribution in [0.15, 0.2) is 67.1 Å². The second-order valence-electron chi connectivity index (χ2n) is 9.25. The molecule has 0 aliphatic carbocycles. The molecule has 4 aromatic rings. The number of likely N-dealkylation sites (tertiary alicyclic amines) is 1. The highest BCUT2D eigenvalue weighted by Gasteiger charge is 2.26. The normalized spacial score (nSPS) is 14.3. The van der Waals surface area contributed by atoms with Gasteiger partial charge in [0.1, 0.15) is 5.15 Å². The molecule has 0 spiro atoms. The predicted octanol–water partition coefficient (Wildman–Crippen LogP) is 6.47. The molecular weight excluding hydrogens is 561 g/mol. The second kappa shape index (κ2) is 12.6. The van der Waals surface area contributed by atoms with Crippen molar-refractivity contribution in [2.45, 2.75) is 31.9 Å². The van der Waals surface area contributed by atoms with Crippen molar-refractivity contribution >= 4 is 34.8 Å². The Morgan fingerprint density at radius 2 is 1.75 bits per heavy atom. The third-order valence-corrected chi connectivity index (χ3v) is 6.96. The number of pyridine rings is 2. The Hall–Kier alpha value is -3.73. The third-order valence-electron chi connectivity index (χ3n) is 6.56. The standard InChI is InChI=1S/C28H24Cl2F2N6O2/c29-21-14-34-26(35-15-21)19-3-1-17(2-4-19)16-38-11-8-18(9-12-38)25-22(5-6-24(37-25)40-28(31)32)36-27(39)20-7-10-33-23(30)13-20/h1-7,10,13-15,18,28H,8-9,11-12,16H2,(H,36,39). The molecule has 0 atom stereocenters. The van der Waals surface area contributed by atoms with Crippen molar-refractivity contribution in [1.82, 2.24) is 24.8 Å². The molecule has 12 heteroatoms. The van der Waals surface area contributed by atoms with E-state index in [-0.39, 0.29) is 17.0 Å². The van der Waals surface area contributed by atoms with Crippen LogP contribution < -0.4 is 10.1 Å². The molecule has 0 saturated carbocycles. The molecular formula is C28H24Cl2F2N6O2. The van der Waals surface area contributed by atoms with E-state index in [0.29, 0.717) is 27.8 Å². The van der Waals surface area contributed by atoms with E-state index in [1.165, 1.54) is 24.4 Å². The molecule has 1 aliphatic rings. The second-order valence-corrected chi connectivity index (χ2v) is 10.1. The molecule has 4 heterocycles. The smallest absolute Gasteiger partial charge is 0.388 e. The fraction of sp³-hybridized carbons (Fsp3) is 0.250. The van der Waals surface area contributed by atoms with E-state index < -0.39 is 12.5 Å². The van der Waals surface area contributed by atoms with Gasteiger partial charge in [-0.25, -0.2) is 19.9 Å². The Kier molecular flexibility index (Phi) is 8.78. The molecule has 8 nitrogen and oxygen atoms in total. The first-order valence-corrected chi connectivity index (χ1v) is 13.3. The lowest BCUT2D eigenvalue weighted by atomic mass is 9.91. The van der Waals surface area contributed by atoms with Gasteiger partial charge in [0.2, 0.25) is 5.88 Å². The maximum atomic E-state index is 12.9. The zero-order valence-corrected chi connectivity index (χ0v) is 22.6. The molecule has 1 aromatic carbocycles. The number of anilines is 1. The number of piperidine rings is 1. The van der Waals surface area contributed by atoms with Gasteiger partial charge >= 0.3 is 6.61 Å². The number of halogens is 4. The Bertz CT molecular complexity index is 1470. The Balaban J connectivity index is 1.26. The summed E-state index contributed by atoms with van der Waals surface area (Å²) in [4.78, 5) is 31.9. The number of carbonyl (C=O) groups excluding carboxylic acids is 1. The Morgan fingerprint density at radius 1 is 1.02 bits per heavy atom. The predicted molar refractivity (Wildman–Crippen MR) is 148 cm³/mol. The van der Waals surface area contributed by atoms with Gasteiger partial charge in [-0.3, -0.25) is 9.69 Å². The summed E-state index contributed by atoms with van der Waals surface area (Å²) < 4.78 is 30.3. The highest BCUT2D eigenvalue weighted by molar-refractivity contribution is 6.30. The van der Waals surface area contributed by atoms with Crippen molar-refractivity contribution in [3.8, 4) is 17.3 Å². The number of alkyl halides is 2. The molecule has 1 aliphatic heterocycles. The van der Waals surface area contributed by atoms with Crippen LogP contribution in [-0.2, 0) is 6.54 Å². The van der Waals surface area contributed by atoms with Crippen molar-refractivity contribution in [1.29, 1.82) is 0 Å². The number of amides is 1. The van der Waals surface area contributed by atoms with Crippen molar-refractivity contribution in [3.05, 3.63) is 94.1 Å². The van der Waals surface area contributed by atoms with E-state index in [0.717, 1.165) is 43.6 Å². The highest BCUT2D eigenvalue weighted by Crippen LogP contribution is 2.34. The minimum Gasteiger partial charge on any atom is -0.417 e. The first kappa shape index (κ1) is 27.8. The van der Waals surface area contributed by atoms with E-state index in [1.54, 1.807) is 18.5 Å². The SMILES string of the molecule is O=C(Nc1ccc(OC(F)F)nc1C1CCN(Cc2ccc(-c3ncc(Cl)cn3)cc2)CC1)c1ccnc(Cl)c1. The van der Waals surface area contributed by atoms with E-state index in [2.05, 4.69) is 34.9 Å². The monoisotopic (exact) mass is 584 g/mol. The number of hydrogen-bond acceptors (Lipinski definition) is 7. The van der Waals surface area contributed by atoms with Crippen molar-refractivity contribution in [2.24, 2.45) is 0 Å². The van der Waals surface area contributed by atoms with Gasteiger partial charge in [0.25, 0.3) is 5.91 Å². The lowest BCUT2D eigenvalue weighted by molar-refractivity contribution is -0.0530. The molecule has 1 N–H and O–H groups in total. The fourth-order valence-electron chi connectivity index (χ4n) is 4.61. The fourth-order valence-corrected chi connectivity index (χ4v) is 4.88. The van der Waals surface area contributed by atoms with Gasteiger partial charge in [-0.1, -0.05) is 47.5 Å². The first-order valence-electron chi connectivity index (χ1n) is 12.5. The van der Waals surface area contributed by atoms with E-state index >= 15 is 0 Å². The van der Waals surface area contributed by atoms with Crippen LogP contribution in [0.25, 0.3) is 11.4 Å². The number of hydrogen-bond donors (Lipinski definition) is 1. The van der Waals surface area contributed by atoms with Crippen LogP contribution in [0.5, 0.6) is 5.88 Å². The summed E-state index contributed by atoms with van der Waals surface area (Å²) in [5.74, 6) is -0.0441. The van der Waals surface area contributed by atoms with Gasteiger partial charge in [-0.2, -0.15) is 8.78 Å². The quantitative estimate of drug-likeness (QED) is 0.237. The zero-order chi connectivity index (χ0) is 28.1. The molecule has 5 rings (SSSR count). The van der Waals surface area contributed by atoms with Crippen molar-refractivity contribution in [3.63, 3.8) is 0 Å². The molecule has 0 bridgehead atoms. The highest BCUT2D eigenvalue weighted by atomic mass is 35.5. The average molecular weight is 585 g/mol. The summed E-state index contributed by atoms with van der Waals surface area (Å²) >= 11 is 11.8. The summed E-state index contributed by atoms with van der Waals surface area (Å²) in [6.07, 6.45) is 6.03. The average Bonchev–Trinajstić information content (AvgIpc) is 2.95. The molecule has 1 amide bonds. The van der Waals surface area contributed by atoms with Gasteiger partial charge in [-0.15, -0.1) is 0 Å². The summed E-state index contributed by atoms with van der Waals surface area (Å²) in [6.45, 7) is -0.717. The summed E-state index contributed by atoms with van der Waals surface area (Å²) in [6, 6.07) is 13.9. The number of rotatable bonds is 8. The summed E-state index contributed by atoms with van der Waals surface area (Å²) in [7, 11) is 0. The van der Waals surface area contributed by atoms with Gasteiger partial charge < -0.3 is 10.1 Å². The third kappa shape index (κ3) is 7.07. The molecule has 206 valence electrons. The zero-order valence-electron chi connectivity index (χ0n) is 21.1. The molecule has 0 unspecified atom stereocenters. The van der Waals surface area contributed by atoms with Crippen molar-refractivity contribution in [2.75, 3.05) is 18.4 Å². The van der Waals surface area contributed by atoms with Gasteiger partial charge in [0, 0.05) is 48.2 Å². The topological polar surface area (TPSA) is 93.1 Å². The number of aromatic nitrogens is 4. The summed E-state index contributed by atoms with van der Waals surface area (Å²) in [5, 5.41) is 3.52. The number of nitrogens with zero attached hydrogens (tertiary/aromatic N) is 5. The molecule has 3 aromatic heterocycles. The minimum absolute atomic E-state index is 0.0572. The van der Waals surface area contributed by atoms with Crippen LogP contribution in [0, 0.1) is 0 Å². The van der Waals surface area contributed by atoms with Crippen LogP contribution in [0.4, 0.5) is 14.5 Å². The van der Waals surface area contributed by atoms with Crippen LogP contribution >= 0.6 is 23.2 Å². The van der Waals surface area contributed by atoms with Gasteiger partial charge in [0.15, 0.2) is 5.82 Å². The first-order chi connectivity index (χ1) is 19.3. The molecule has 1 saturated heterocycles. The summed E-state index contributed by atoms with van der Waals surface area (Å²) in [5.41, 5.74) is 3.32. The van der Waals surface area contributed by atoms with Crippen LogP contribution in [0.2, 0.25) is 10.2 Å². The van der Waals surface area contributed by atoms with Crippen LogP contribution in [0.3, 0.4) is 0 Å². The largest absolute Gasteiger partial charge is 0.417 e. The van der Waals surface area contributed by atoms with Gasteiger partial charge in [0.05, 0.1) is 16.4 Å². The van der Waals surface area contributed by atoms with Gasteiger partial charge in [-0.05, 0) is 49.7 Å². The Morgan fingerprint density at radius 3 is 2.42 bits per heavy atom. The van der Waals surface area contributed by atoms with Crippen LogP contribution in [-0.4, -0.2) is 50.4 Å². The molecule has 0 radical (unpaired) electrons. The van der Waals surface area contributed by atoms with Crippen LogP contribution in [0.1, 0.15) is 40.4 Å². The Labute approximate surface area is 239 Å². The number of nitrogens with one attached hydrogen (secondary N) is 1. The number of ether oxygens (including phenoxy) is 1. The lowest BCUT2D eigenvalue weighted by Gasteiger charge is -2.32. The van der Waals surface area contributed by atoms with Crippen molar-refractivity contribution < 1.29 is 18.3 Å². The number of benzene rings is 1. The maximum Gasteiger partial charge on any atom is 0.388 e. The molecule has 1 fully saturated rings. The van der Waals surface area contributed by atoms with E-state index in [9.17, 15) is 13.6 Å².